The van der Waals surface area contributed by atoms with Gasteiger partial charge in [-0.3, -0.25) is 14.3 Å². The van der Waals surface area contributed by atoms with Gasteiger partial charge in [-0.05, 0) is 38.1 Å². The number of nitrogens with zero attached hydrogens (tertiary/aromatic N) is 2. The van der Waals surface area contributed by atoms with Gasteiger partial charge in [0.1, 0.15) is 11.8 Å². The summed E-state index contributed by atoms with van der Waals surface area (Å²) in [6, 6.07) is 16.5. The third-order valence-corrected chi connectivity index (χ3v) is 4.90. The smallest absolute Gasteiger partial charge is 0.295 e. The quantitative estimate of drug-likeness (QED) is 0.759. The molecule has 0 bridgehead atoms. The van der Waals surface area contributed by atoms with E-state index in [9.17, 15) is 9.59 Å². The SMILES string of the molecule is Cc1c(NC(=O)C2Oc3ccccc3OC2C)c(=O)n(-c2ccccc2)n1C. The number of aromatic nitrogens is 2. The molecule has 2 heterocycles. The van der Waals surface area contributed by atoms with Crippen LogP contribution in [0.2, 0.25) is 0 Å². The van der Waals surface area contributed by atoms with Crippen molar-refractivity contribution in [1.29, 1.82) is 0 Å². The number of amides is 1. The molecule has 1 aliphatic rings. The monoisotopic (exact) mass is 379 g/mol. The highest BCUT2D eigenvalue weighted by Gasteiger charge is 2.35. The number of benzene rings is 2. The van der Waals surface area contributed by atoms with Crippen LogP contribution in [0.15, 0.2) is 59.4 Å². The van der Waals surface area contributed by atoms with Crippen LogP contribution in [-0.4, -0.2) is 27.5 Å². The van der Waals surface area contributed by atoms with Gasteiger partial charge < -0.3 is 14.8 Å². The molecule has 7 heteroatoms. The van der Waals surface area contributed by atoms with Gasteiger partial charge in [-0.2, -0.15) is 0 Å². The zero-order chi connectivity index (χ0) is 19.8. The Morgan fingerprint density at radius 3 is 2.29 bits per heavy atom. The van der Waals surface area contributed by atoms with Crippen LogP contribution in [0.1, 0.15) is 12.6 Å². The second-order valence-corrected chi connectivity index (χ2v) is 6.73. The first-order chi connectivity index (χ1) is 13.5. The van der Waals surface area contributed by atoms with Crippen molar-refractivity contribution in [2.75, 3.05) is 5.32 Å². The van der Waals surface area contributed by atoms with E-state index in [0.29, 0.717) is 17.2 Å². The molecule has 1 aliphatic heterocycles. The average Bonchev–Trinajstić information content (AvgIpc) is 2.91. The lowest BCUT2D eigenvalue weighted by molar-refractivity contribution is -0.128. The Bertz CT molecular complexity index is 1080. The van der Waals surface area contributed by atoms with E-state index in [1.807, 2.05) is 42.5 Å². The van der Waals surface area contributed by atoms with Crippen molar-refractivity contribution in [3.63, 3.8) is 0 Å². The van der Waals surface area contributed by atoms with Gasteiger partial charge in [-0.15, -0.1) is 0 Å². The van der Waals surface area contributed by atoms with Crippen LogP contribution < -0.4 is 20.3 Å². The van der Waals surface area contributed by atoms with Crippen molar-refractivity contribution in [2.45, 2.75) is 26.1 Å². The number of nitrogens with one attached hydrogen (secondary N) is 1. The predicted molar refractivity (Wildman–Crippen MR) is 105 cm³/mol. The highest BCUT2D eigenvalue weighted by molar-refractivity contribution is 5.95. The molecule has 1 amide bonds. The molecule has 4 rings (SSSR count). The van der Waals surface area contributed by atoms with Gasteiger partial charge in [0.05, 0.1) is 11.4 Å². The third kappa shape index (κ3) is 2.94. The van der Waals surface area contributed by atoms with Crippen LogP contribution in [0.3, 0.4) is 0 Å². The minimum Gasteiger partial charge on any atom is -0.482 e. The lowest BCUT2D eigenvalue weighted by atomic mass is 10.1. The Morgan fingerprint density at radius 1 is 1.00 bits per heavy atom. The Labute approximate surface area is 162 Å². The summed E-state index contributed by atoms with van der Waals surface area (Å²) in [4.78, 5) is 25.8. The van der Waals surface area contributed by atoms with Crippen LogP contribution in [-0.2, 0) is 11.8 Å². The van der Waals surface area contributed by atoms with Crippen LogP contribution in [0.25, 0.3) is 5.69 Å². The van der Waals surface area contributed by atoms with E-state index in [4.69, 9.17) is 9.47 Å². The van der Waals surface area contributed by atoms with Crippen LogP contribution in [0.5, 0.6) is 11.5 Å². The molecule has 3 aromatic rings. The third-order valence-electron chi connectivity index (χ3n) is 4.90. The van der Waals surface area contributed by atoms with Crippen LogP contribution in [0, 0.1) is 6.92 Å². The number of para-hydroxylation sites is 3. The summed E-state index contributed by atoms with van der Waals surface area (Å²) in [5.74, 6) is 0.682. The Kier molecular flexibility index (Phi) is 4.43. The molecule has 28 heavy (non-hydrogen) atoms. The minimum absolute atomic E-state index is 0.228. The van der Waals surface area contributed by atoms with Crippen molar-refractivity contribution in [3.8, 4) is 17.2 Å². The number of ether oxygens (including phenoxy) is 2. The molecule has 0 spiro atoms. The highest BCUT2D eigenvalue weighted by atomic mass is 16.6. The summed E-state index contributed by atoms with van der Waals surface area (Å²) >= 11 is 0. The Balaban J connectivity index is 1.63. The first-order valence-corrected chi connectivity index (χ1v) is 9.04. The zero-order valence-corrected chi connectivity index (χ0v) is 15.9. The van der Waals surface area contributed by atoms with Crippen molar-refractivity contribution >= 4 is 11.6 Å². The maximum Gasteiger partial charge on any atom is 0.295 e. The second kappa shape index (κ2) is 6.92. The van der Waals surface area contributed by atoms with Gasteiger partial charge in [0.2, 0.25) is 6.10 Å². The molecule has 1 N–H and O–H groups in total. The lowest BCUT2D eigenvalue weighted by Gasteiger charge is -2.30. The van der Waals surface area contributed by atoms with E-state index in [1.54, 1.807) is 37.7 Å². The molecule has 0 saturated carbocycles. The molecule has 0 fully saturated rings. The molecule has 1 aromatic heterocycles. The molecule has 2 atom stereocenters. The molecule has 0 saturated heterocycles. The average molecular weight is 379 g/mol. The second-order valence-electron chi connectivity index (χ2n) is 6.73. The molecular weight excluding hydrogens is 358 g/mol. The molecule has 2 aromatic carbocycles. The molecule has 0 aliphatic carbocycles. The first-order valence-electron chi connectivity index (χ1n) is 9.04. The maximum absolute atomic E-state index is 13.0. The Morgan fingerprint density at radius 2 is 1.61 bits per heavy atom. The number of hydrogen-bond donors (Lipinski definition) is 1. The standard InChI is InChI=1S/C21H21N3O4/c1-13-18(21(26)24(23(13)3)15-9-5-4-6-10-15)22-20(25)19-14(2)27-16-11-7-8-12-17(16)28-19/h4-12,14,19H,1-3H3,(H,22,25). The normalized spacial score (nSPS) is 18.0. The molecule has 2 unspecified atom stereocenters. The maximum atomic E-state index is 13.0. The van der Waals surface area contributed by atoms with E-state index in [2.05, 4.69) is 5.32 Å². The highest BCUT2D eigenvalue weighted by Crippen LogP contribution is 2.33. The number of hydrogen-bond acceptors (Lipinski definition) is 4. The van der Waals surface area contributed by atoms with E-state index >= 15 is 0 Å². The predicted octanol–water partition coefficient (Wildman–Crippen LogP) is 2.65. The molecule has 7 nitrogen and oxygen atoms in total. The summed E-state index contributed by atoms with van der Waals surface area (Å²) in [5, 5.41) is 2.74. The van der Waals surface area contributed by atoms with Crippen LogP contribution in [0.4, 0.5) is 5.69 Å². The fourth-order valence-electron chi connectivity index (χ4n) is 3.31. The topological polar surface area (TPSA) is 74.5 Å². The molecular formula is C21H21N3O4. The van der Waals surface area contributed by atoms with Crippen molar-refractivity contribution in [2.24, 2.45) is 7.05 Å². The largest absolute Gasteiger partial charge is 0.482 e. The number of fused-ring (bicyclic) bond motifs is 1. The van der Waals surface area contributed by atoms with Crippen molar-refractivity contribution in [1.82, 2.24) is 9.36 Å². The van der Waals surface area contributed by atoms with Gasteiger partial charge in [0, 0.05) is 7.05 Å². The first kappa shape index (κ1) is 17.9. The van der Waals surface area contributed by atoms with Gasteiger partial charge in [-0.25, -0.2) is 4.68 Å². The van der Waals surface area contributed by atoms with Crippen LogP contribution >= 0.6 is 0 Å². The summed E-state index contributed by atoms with van der Waals surface area (Å²) in [7, 11) is 1.78. The van der Waals surface area contributed by atoms with Crippen molar-refractivity contribution < 1.29 is 14.3 Å². The number of anilines is 1. The lowest BCUT2D eigenvalue weighted by Crippen LogP contribution is -2.46. The molecule has 144 valence electrons. The summed E-state index contributed by atoms with van der Waals surface area (Å²) in [6.07, 6.45) is -1.35. The Hall–Kier alpha value is -3.48. The van der Waals surface area contributed by atoms with Crippen molar-refractivity contribution in [3.05, 3.63) is 70.6 Å². The zero-order valence-electron chi connectivity index (χ0n) is 15.9. The van der Waals surface area contributed by atoms with Gasteiger partial charge in [0.15, 0.2) is 11.5 Å². The summed E-state index contributed by atoms with van der Waals surface area (Å²) in [5.41, 5.74) is 1.29. The van der Waals surface area contributed by atoms with E-state index < -0.39 is 18.1 Å². The summed E-state index contributed by atoms with van der Waals surface area (Å²) in [6.45, 7) is 3.55. The summed E-state index contributed by atoms with van der Waals surface area (Å²) < 4.78 is 14.8. The van der Waals surface area contributed by atoms with Gasteiger partial charge in [0.25, 0.3) is 11.5 Å². The van der Waals surface area contributed by atoms with Gasteiger partial charge >= 0.3 is 0 Å². The van der Waals surface area contributed by atoms with E-state index in [0.717, 1.165) is 5.69 Å². The fraction of sp³-hybridized carbons (Fsp3) is 0.238. The number of carbonyl (C=O) groups is 1. The fourth-order valence-corrected chi connectivity index (χ4v) is 3.31. The number of rotatable bonds is 3. The number of carbonyl (C=O) groups excluding carboxylic acids is 1. The minimum atomic E-state index is -0.862. The van der Waals surface area contributed by atoms with E-state index in [-0.39, 0.29) is 11.2 Å². The van der Waals surface area contributed by atoms with E-state index in [1.165, 1.54) is 4.68 Å². The molecule has 0 radical (unpaired) electrons. The van der Waals surface area contributed by atoms with Gasteiger partial charge in [-0.1, -0.05) is 30.3 Å².